The molecule has 1 fully saturated rings. The van der Waals surface area contributed by atoms with Crippen LogP contribution in [0, 0.1) is 13.8 Å². The van der Waals surface area contributed by atoms with Crippen LogP contribution in [0.15, 0.2) is 18.2 Å². The van der Waals surface area contributed by atoms with Crippen LogP contribution in [0.25, 0.3) is 0 Å². The van der Waals surface area contributed by atoms with Gasteiger partial charge < -0.3 is 9.80 Å². The Morgan fingerprint density at radius 1 is 1.08 bits per heavy atom. The van der Waals surface area contributed by atoms with Crippen molar-refractivity contribution in [2.24, 2.45) is 0 Å². The Kier molecular flexibility index (Phi) is 4.24. The van der Waals surface area contributed by atoms with Crippen molar-refractivity contribution in [2.75, 3.05) is 31.1 Å². The second-order valence-electron chi connectivity index (χ2n) is 7.23. The normalized spacial score (nSPS) is 17.5. The van der Waals surface area contributed by atoms with Gasteiger partial charge in [-0.15, -0.1) is 0 Å². The number of piperazine rings is 1. The Bertz CT molecular complexity index is 787. The molecule has 0 saturated carbocycles. The van der Waals surface area contributed by atoms with Gasteiger partial charge in [-0.3, -0.25) is 9.89 Å². The van der Waals surface area contributed by atoms with Crippen molar-refractivity contribution in [1.29, 1.82) is 0 Å². The summed E-state index contributed by atoms with van der Waals surface area (Å²) >= 11 is 0. The lowest BCUT2D eigenvalue weighted by molar-refractivity contribution is 0.0739. The third kappa shape index (κ3) is 2.92. The molecule has 0 unspecified atom stereocenters. The van der Waals surface area contributed by atoms with Gasteiger partial charge >= 0.3 is 0 Å². The van der Waals surface area contributed by atoms with Gasteiger partial charge in [0.2, 0.25) is 0 Å². The van der Waals surface area contributed by atoms with Crippen LogP contribution < -0.4 is 4.90 Å². The van der Waals surface area contributed by atoms with Gasteiger partial charge in [-0.05, 0) is 56.7 Å². The fraction of sp³-hybridized carbons (Fsp3) is 0.500. The van der Waals surface area contributed by atoms with Crippen LogP contribution in [0.5, 0.6) is 0 Å². The number of amides is 1. The number of rotatable bonds is 2. The number of nitrogens with zero attached hydrogens (tertiary/aromatic N) is 3. The molecular formula is C20H26N4O. The molecule has 1 aliphatic carbocycles. The summed E-state index contributed by atoms with van der Waals surface area (Å²) in [4.78, 5) is 17.3. The molecule has 2 heterocycles. The highest BCUT2D eigenvalue weighted by molar-refractivity contribution is 5.94. The van der Waals surface area contributed by atoms with Crippen LogP contribution >= 0.6 is 0 Å². The largest absolute Gasteiger partial charge is 0.368 e. The molecule has 132 valence electrons. The maximum atomic E-state index is 12.9. The van der Waals surface area contributed by atoms with Crippen LogP contribution in [0.1, 0.15) is 45.7 Å². The van der Waals surface area contributed by atoms with Gasteiger partial charge in [0.15, 0.2) is 5.69 Å². The van der Waals surface area contributed by atoms with Gasteiger partial charge in [0.05, 0.1) is 0 Å². The minimum Gasteiger partial charge on any atom is -0.368 e. The molecule has 4 rings (SSSR count). The lowest BCUT2D eigenvalue weighted by Crippen LogP contribution is -2.49. The number of anilines is 1. The van der Waals surface area contributed by atoms with Gasteiger partial charge in [-0.25, -0.2) is 0 Å². The number of carbonyl (C=O) groups is 1. The highest BCUT2D eigenvalue weighted by Crippen LogP contribution is 2.26. The predicted octanol–water partition coefficient (Wildman–Crippen LogP) is 2.87. The summed E-state index contributed by atoms with van der Waals surface area (Å²) in [5.74, 6) is 0.0972. The molecule has 0 spiro atoms. The van der Waals surface area contributed by atoms with Gasteiger partial charge in [0.25, 0.3) is 5.91 Å². The highest BCUT2D eigenvalue weighted by atomic mass is 16.2. The molecule has 2 aromatic rings. The molecule has 25 heavy (non-hydrogen) atoms. The molecule has 1 saturated heterocycles. The number of aryl methyl sites for hydroxylation is 2. The van der Waals surface area contributed by atoms with E-state index in [1.807, 2.05) is 4.90 Å². The summed E-state index contributed by atoms with van der Waals surface area (Å²) in [5.41, 5.74) is 6.94. The predicted molar refractivity (Wildman–Crippen MR) is 99.3 cm³/mol. The Hall–Kier alpha value is -2.30. The lowest BCUT2D eigenvalue weighted by atomic mass is 9.95. The molecule has 0 bridgehead atoms. The fourth-order valence-corrected chi connectivity index (χ4v) is 4.04. The van der Waals surface area contributed by atoms with E-state index in [4.69, 9.17) is 0 Å². The second-order valence-corrected chi connectivity index (χ2v) is 7.23. The van der Waals surface area contributed by atoms with Crippen molar-refractivity contribution in [3.63, 3.8) is 0 Å². The van der Waals surface area contributed by atoms with E-state index in [1.165, 1.54) is 28.9 Å². The zero-order valence-electron chi connectivity index (χ0n) is 15.1. The first-order valence-electron chi connectivity index (χ1n) is 9.31. The topological polar surface area (TPSA) is 52.2 Å². The van der Waals surface area contributed by atoms with Crippen molar-refractivity contribution in [1.82, 2.24) is 15.1 Å². The number of aromatic nitrogens is 2. The molecule has 0 radical (unpaired) electrons. The molecule has 1 aromatic heterocycles. The number of hydrogen-bond donors (Lipinski definition) is 1. The maximum absolute atomic E-state index is 12.9. The molecule has 5 heteroatoms. The van der Waals surface area contributed by atoms with Gasteiger partial charge in [-0.1, -0.05) is 12.1 Å². The van der Waals surface area contributed by atoms with Gasteiger partial charge in [0.1, 0.15) is 0 Å². The van der Waals surface area contributed by atoms with Crippen molar-refractivity contribution >= 4 is 11.6 Å². The van der Waals surface area contributed by atoms with Crippen LogP contribution in [-0.4, -0.2) is 47.2 Å². The molecule has 0 atom stereocenters. The zero-order valence-corrected chi connectivity index (χ0v) is 15.1. The number of aromatic amines is 1. The van der Waals surface area contributed by atoms with Crippen LogP contribution in [0.3, 0.4) is 0 Å². The number of carbonyl (C=O) groups excluding carboxylic acids is 1. The minimum atomic E-state index is 0.0972. The van der Waals surface area contributed by atoms with E-state index in [2.05, 4.69) is 47.1 Å². The summed E-state index contributed by atoms with van der Waals surface area (Å²) in [5, 5.41) is 7.43. The summed E-state index contributed by atoms with van der Waals surface area (Å²) in [6, 6.07) is 6.45. The molecule has 2 aliphatic rings. The van der Waals surface area contributed by atoms with Crippen molar-refractivity contribution < 1.29 is 4.79 Å². The van der Waals surface area contributed by atoms with E-state index in [1.54, 1.807) is 0 Å². The van der Waals surface area contributed by atoms with E-state index < -0.39 is 0 Å². The second kappa shape index (κ2) is 6.54. The molecule has 1 aromatic carbocycles. The zero-order chi connectivity index (χ0) is 17.4. The Balaban J connectivity index is 1.46. The lowest BCUT2D eigenvalue weighted by Gasteiger charge is -2.37. The maximum Gasteiger partial charge on any atom is 0.274 e. The summed E-state index contributed by atoms with van der Waals surface area (Å²) in [6.07, 6.45) is 4.36. The van der Waals surface area contributed by atoms with Crippen LogP contribution in [0.2, 0.25) is 0 Å². The highest BCUT2D eigenvalue weighted by Gasteiger charge is 2.28. The molecule has 1 amide bonds. The molecule has 1 N–H and O–H groups in total. The monoisotopic (exact) mass is 338 g/mol. The SMILES string of the molecule is Cc1cccc(N2CCN(C(=O)c3n[nH]c4c3CCCC4)CC2)c1C. The standard InChI is InChI=1S/C20H26N4O/c1-14-6-5-9-18(15(14)2)23-10-12-24(13-11-23)20(25)19-16-7-3-4-8-17(16)21-22-19/h5-6,9H,3-4,7-8,10-13H2,1-2H3,(H,21,22). The fourth-order valence-electron chi connectivity index (χ4n) is 4.04. The summed E-state index contributed by atoms with van der Waals surface area (Å²) < 4.78 is 0. The summed E-state index contributed by atoms with van der Waals surface area (Å²) in [7, 11) is 0. The number of hydrogen-bond acceptors (Lipinski definition) is 3. The average molecular weight is 338 g/mol. The molecular weight excluding hydrogens is 312 g/mol. The van der Waals surface area contributed by atoms with E-state index in [9.17, 15) is 4.79 Å². The summed E-state index contributed by atoms with van der Waals surface area (Å²) in [6.45, 7) is 7.60. The number of benzene rings is 1. The van der Waals surface area contributed by atoms with E-state index in [-0.39, 0.29) is 5.91 Å². The third-order valence-corrected chi connectivity index (χ3v) is 5.74. The van der Waals surface area contributed by atoms with Gasteiger partial charge in [-0.2, -0.15) is 5.10 Å². The van der Waals surface area contributed by atoms with E-state index in [0.29, 0.717) is 5.69 Å². The van der Waals surface area contributed by atoms with Crippen LogP contribution in [0.4, 0.5) is 5.69 Å². The van der Waals surface area contributed by atoms with Crippen LogP contribution in [-0.2, 0) is 12.8 Å². The first-order chi connectivity index (χ1) is 12.1. The first-order valence-corrected chi connectivity index (χ1v) is 9.31. The Morgan fingerprint density at radius 3 is 2.64 bits per heavy atom. The first kappa shape index (κ1) is 16.2. The Morgan fingerprint density at radius 2 is 1.84 bits per heavy atom. The van der Waals surface area contributed by atoms with Crippen molar-refractivity contribution in [3.8, 4) is 0 Å². The quantitative estimate of drug-likeness (QED) is 0.916. The van der Waals surface area contributed by atoms with E-state index in [0.717, 1.165) is 51.0 Å². The molecule has 1 aliphatic heterocycles. The smallest absolute Gasteiger partial charge is 0.274 e. The minimum absolute atomic E-state index is 0.0972. The average Bonchev–Trinajstić information content (AvgIpc) is 3.08. The van der Waals surface area contributed by atoms with Crippen molar-refractivity contribution in [2.45, 2.75) is 39.5 Å². The number of fused-ring (bicyclic) bond motifs is 1. The van der Waals surface area contributed by atoms with Crippen molar-refractivity contribution in [3.05, 3.63) is 46.3 Å². The number of nitrogens with one attached hydrogen (secondary N) is 1. The Labute approximate surface area is 149 Å². The molecule has 5 nitrogen and oxygen atoms in total. The third-order valence-electron chi connectivity index (χ3n) is 5.74. The van der Waals surface area contributed by atoms with Gasteiger partial charge in [0, 0.05) is 43.1 Å². The van der Waals surface area contributed by atoms with E-state index >= 15 is 0 Å². The number of H-pyrrole nitrogens is 1.